The third kappa shape index (κ3) is 15.8. The molecule has 1 fully saturated rings. The molecule has 11 nitrogen and oxygen atoms in total. The van der Waals surface area contributed by atoms with E-state index >= 15 is 0 Å². The Balaban J connectivity index is 1.78. The molecule has 11 heteroatoms. The summed E-state index contributed by atoms with van der Waals surface area (Å²) >= 11 is 0. The number of hydrogen-bond acceptors (Lipinski definition) is 7. The van der Waals surface area contributed by atoms with E-state index in [4.69, 9.17) is 4.74 Å². The van der Waals surface area contributed by atoms with Crippen LogP contribution in [0.4, 0.5) is 0 Å². The van der Waals surface area contributed by atoms with Gasteiger partial charge in [-0.15, -0.1) is 0 Å². The smallest absolute Gasteiger partial charge is 0.243 e. The van der Waals surface area contributed by atoms with Crippen molar-refractivity contribution in [3.05, 3.63) is 71.8 Å². The van der Waals surface area contributed by atoms with Crippen molar-refractivity contribution < 1.29 is 28.7 Å². The molecule has 1 aliphatic heterocycles. The maximum atomic E-state index is 14.1. The van der Waals surface area contributed by atoms with E-state index in [1.807, 2.05) is 102 Å². The van der Waals surface area contributed by atoms with Crippen LogP contribution in [0.15, 0.2) is 60.7 Å². The monoisotopic (exact) mass is 733 g/mol. The first-order valence-electron chi connectivity index (χ1n) is 19.3. The summed E-state index contributed by atoms with van der Waals surface area (Å²) < 4.78 is 5.41. The Bertz CT molecular complexity index is 1460. The van der Waals surface area contributed by atoms with Gasteiger partial charge in [0.1, 0.15) is 23.7 Å². The number of carbonyl (C=O) groups excluding carboxylic acids is 5. The standard InChI is InChI=1S/C42H63N5O6/c1-29(2)25-34(38(49)42(5)28-53-42)44-41(52)36(27-32-19-13-9-14-20-32)46-40(51)35(26-30(3)4)45-39(50)33(23-22-31-17-11-8-12-18-31)43-37(48)21-15-10-16-24-47(6)7/h8-9,11-14,17-20,29-30,33-36H,10,15-16,21-28H2,1-7H3,(H,43,48)(H,44,52)(H,45,50)(H,46,51)/t33-,34?,35?,36?,42?/m0/s1. The summed E-state index contributed by atoms with van der Waals surface area (Å²) in [6.45, 7) is 10.8. The van der Waals surface area contributed by atoms with Gasteiger partial charge < -0.3 is 30.9 Å². The molecule has 4 amide bonds. The highest BCUT2D eigenvalue weighted by Crippen LogP contribution is 2.29. The van der Waals surface area contributed by atoms with E-state index in [-0.39, 0.29) is 29.9 Å². The highest BCUT2D eigenvalue weighted by molar-refractivity contribution is 5.98. The van der Waals surface area contributed by atoms with Gasteiger partial charge in [0.25, 0.3) is 0 Å². The number of nitrogens with one attached hydrogen (secondary N) is 4. The molecule has 0 spiro atoms. The molecule has 53 heavy (non-hydrogen) atoms. The molecule has 0 saturated carbocycles. The van der Waals surface area contributed by atoms with E-state index in [0.29, 0.717) is 45.1 Å². The van der Waals surface area contributed by atoms with Crippen LogP contribution in [-0.4, -0.2) is 91.3 Å². The van der Waals surface area contributed by atoms with Gasteiger partial charge in [-0.3, -0.25) is 24.0 Å². The molecule has 0 radical (unpaired) electrons. The Morgan fingerprint density at radius 1 is 0.679 bits per heavy atom. The zero-order valence-corrected chi connectivity index (χ0v) is 32.9. The van der Waals surface area contributed by atoms with E-state index in [9.17, 15) is 24.0 Å². The molecule has 292 valence electrons. The van der Waals surface area contributed by atoms with Crippen molar-refractivity contribution in [2.24, 2.45) is 11.8 Å². The first-order valence-corrected chi connectivity index (χ1v) is 19.3. The lowest BCUT2D eigenvalue weighted by molar-refractivity contribution is -0.135. The van der Waals surface area contributed by atoms with Crippen LogP contribution in [0.1, 0.15) is 90.7 Å². The summed E-state index contributed by atoms with van der Waals surface area (Å²) in [5.41, 5.74) is 0.939. The fourth-order valence-corrected chi connectivity index (χ4v) is 6.28. The number of hydrogen-bond donors (Lipinski definition) is 4. The summed E-state index contributed by atoms with van der Waals surface area (Å²) in [6, 6.07) is 15.5. The maximum absolute atomic E-state index is 14.1. The second-order valence-corrected chi connectivity index (χ2v) is 15.8. The third-order valence-electron chi connectivity index (χ3n) is 9.42. The lowest BCUT2D eigenvalue weighted by atomic mass is 9.93. The summed E-state index contributed by atoms with van der Waals surface area (Å²) in [5.74, 6) is -1.70. The molecule has 3 rings (SSSR count). The molecular formula is C42H63N5O6. The number of ether oxygens (including phenoxy) is 1. The number of rotatable bonds is 24. The van der Waals surface area contributed by atoms with Crippen LogP contribution < -0.4 is 21.3 Å². The van der Waals surface area contributed by atoms with Crippen molar-refractivity contribution in [2.75, 3.05) is 27.2 Å². The number of carbonyl (C=O) groups is 5. The van der Waals surface area contributed by atoms with Crippen molar-refractivity contribution >= 4 is 29.4 Å². The number of amides is 4. The molecule has 2 aromatic carbocycles. The topological polar surface area (TPSA) is 149 Å². The van der Waals surface area contributed by atoms with Gasteiger partial charge in [-0.25, -0.2) is 0 Å². The van der Waals surface area contributed by atoms with Gasteiger partial charge in [0.2, 0.25) is 23.6 Å². The van der Waals surface area contributed by atoms with Gasteiger partial charge in [-0.05, 0) is 89.1 Å². The van der Waals surface area contributed by atoms with Gasteiger partial charge in [0.15, 0.2) is 5.78 Å². The summed E-state index contributed by atoms with van der Waals surface area (Å²) in [7, 11) is 4.04. The normalized spacial score (nSPS) is 17.5. The number of unbranched alkanes of at least 4 members (excludes halogenated alkanes) is 2. The second kappa shape index (κ2) is 21.6. The Hall–Kier alpha value is -4.09. The minimum absolute atomic E-state index is 0.0271. The number of Topliss-reactive ketones (excluding diaryl/α,β-unsaturated/α-hetero) is 1. The predicted molar refractivity (Wildman–Crippen MR) is 208 cm³/mol. The Morgan fingerprint density at radius 3 is 1.75 bits per heavy atom. The van der Waals surface area contributed by atoms with E-state index in [1.165, 1.54) is 0 Å². The first kappa shape index (κ1) is 43.3. The summed E-state index contributed by atoms with van der Waals surface area (Å²) in [4.78, 5) is 70.5. The van der Waals surface area contributed by atoms with E-state index < -0.39 is 47.5 Å². The molecule has 5 atom stereocenters. The first-order chi connectivity index (χ1) is 25.2. The van der Waals surface area contributed by atoms with E-state index in [0.717, 1.165) is 30.5 Å². The molecular weight excluding hydrogens is 670 g/mol. The Labute approximate surface area is 316 Å². The quantitative estimate of drug-likeness (QED) is 0.0925. The molecule has 0 bridgehead atoms. The number of epoxide rings is 1. The van der Waals surface area contributed by atoms with Gasteiger partial charge in [0, 0.05) is 12.8 Å². The zero-order chi connectivity index (χ0) is 39.0. The maximum Gasteiger partial charge on any atom is 0.243 e. The van der Waals surface area contributed by atoms with Crippen molar-refractivity contribution in [3.63, 3.8) is 0 Å². The molecule has 0 aromatic heterocycles. The van der Waals surface area contributed by atoms with Crippen LogP contribution in [0.25, 0.3) is 0 Å². The lowest BCUT2D eigenvalue weighted by Gasteiger charge is -2.28. The highest BCUT2D eigenvalue weighted by atomic mass is 16.6. The summed E-state index contributed by atoms with van der Waals surface area (Å²) in [5, 5.41) is 11.7. The third-order valence-corrected chi connectivity index (χ3v) is 9.42. The van der Waals surface area contributed by atoms with E-state index in [1.54, 1.807) is 6.92 Å². The SMILES string of the molecule is CC(C)CC(NC(=O)[C@H](CCc1ccccc1)NC(=O)CCCCCN(C)C)C(=O)NC(Cc1ccccc1)C(=O)NC(CC(C)C)C(=O)C1(C)CO1. The second-order valence-electron chi connectivity index (χ2n) is 15.8. The van der Waals surface area contributed by atoms with Crippen LogP contribution in [0, 0.1) is 11.8 Å². The van der Waals surface area contributed by atoms with Crippen LogP contribution in [0.5, 0.6) is 0 Å². The molecule has 1 aliphatic rings. The van der Waals surface area contributed by atoms with Crippen LogP contribution in [0.3, 0.4) is 0 Å². The Kier molecular flexibility index (Phi) is 17.6. The van der Waals surface area contributed by atoms with E-state index in [2.05, 4.69) is 26.2 Å². The predicted octanol–water partition coefficient (Wildman–Crippen LogP) is 4.37. The van der Waals surface area contributed by atoms with Crippen LogP contribution >= 0.6 is 0 Å². The number of ketones is 1. The van der Waals surface area contributed by atoms with Gasteiger partial charge >= 0.3 is 0 Å². The number of nitrogens with zero attached hydrogens (tertiary/aromatic N) is 1. The fourth-order valence-electron chi connectivity index (χ4n) is 6.28. The van der Waals surface area contributed by atoms with Crippen LogP contribution in [0.2, 0.25) is 0 Å². The molecule has 1 saturated heterocycles. The fraction of sp³-hybridized carbons (Fsp3) is 0.595. The van der Waals surface area contributed by atoms with Crippen molar-refractivity contribution in [2.45, 2.75) is 122 Å². The number of benzene rings is 2. The average Bonchev–Trinajstić information content (AvgIpc) is 3.87. The molecule has 4 N–H and O–H groups in total. The van der Waals surface area contributed by atoms with Gasteiger partial charge in [-0.1, -0.05) is 94.8 Å². The van der Waals surface area contributed by atoms with Gasteiger partial charge in [0.05, 0.1) is 12.6 Å². The van der Waals surface area contributed by atoms with Crippen molar-refractivity contribution in [1.82, 2.24) is 26.2 Å². The highest BCUT2D eigenvalue weighted by Gasteiger charge is 2.50. The van der Waals surface area contributed by atoms with Crippen LogP contribution in [-0.2, 0) is 41.6 Å². The summed E-state index contributed by atoms with van der Waals surface area (Å²) in [6.07, 6.45) is 4.73. The zero-order valence-electron chi connectivity index (χ0n) is 32.9. The number of aryl methyl sites for hydroxylation is 1. The molecule has 4 unspecified atom stereocenters. The largest absolute Gasteiger partial charge is 0.361 e. The average molecular weight is 734 g/mol. The lowest BCUT2D eigenvalue weighted by Crippen LogP contribution is -2.59. The molecule has 1 heterocycles. The van der Waals surface area contributed by atoms with Crippen molar-refractivity contribution in [1.29, 1.82) is 0 Å². The molecule has 2 aromatic rings. The molecule has 0 aliphatic carbocycles. The van der Waals surface area contributed by atoms with Crippen molar-refractivity contribution in [3.8, 4) is 0 Å². The minimum atomic E-state index is -1.02. The van der Waals surface area contributed by atoms with Gasteiger partial charge in [-0.2, -0.15) is 0 Å². The minimum Gasteiger partial charge on any atom is -0.361 e. The Morgan fingerprint density at radius 2 is 1.19 bits per heavy atom.